The fraction of sp³-hybridized carbons (Fsp3) is 0.333. The Hall–Kier alpha value is -10.2. The van der Waals surface area contributed by atoms with Gasteiger partial charge < -0.3 is 53.4 Å². The van der Waals surface area contributed by atoms with E-state index in [9.17, 15) is 57.5 Å². The summed E-state index contributed by atoms with van der Waals surface area (Å²) in [6.45, 7) is 2.43. The number of hydrogen-bond donors (Lipinski definition) is 8. The quantitative estimate of drug-likeness (QED) is 0.0211. The van der Waals surface area contributed by atoms with Gasteiger partial charge in [-0.2, -0.15) is 0 Å². The molecule has 0 bridgehead atoms. The maximum Gasteiger partial charge on any atom is 0.410 e. The molecule has 0 aromatic heterocycles. The SMILES string of the molecule is CC(C)[C@H](NC(=O)CCCCCN1C(=O)C=CC1=O)C(=O)N[C@@H](CCCNC(N)=O)C(=O)Nc1ccc(COC(=O)N(CCCN2C(=O)c3cccc4c(N)ccc(c34)C2=O)CCNC(=O)CN2C(=O)c3cccc4c(N)ccc(c34)C2=O)cc1. The third-order valence-electron chi connectivity index (χ3n) is 14.8. The minimum absolute atomic E-state index is 0.0593. The zero-order valence-corrected chi connectivity index (χ0v) is 46.9. The average molecular weight is 1160 g/mol. The van der Waals surface area contributed by atoms with Gasteiger partial charge in [-0.15, -0.1) is 0 Å². The van der Waals surface area contributed by atoms with Gasteiger partial charge in [0, 0.05) is 119 Å². The lowest BCUT2D eigenvalue weighted by atomic mass is 9.93. The van der Waals surface area contributed by atoms with Crippen molar-refractivity contribution < 1.29 is 62.3 Å². The molecule has 8 rings (SSSR count). The van der Waals surface area contributed by atoms with Gasteiger partial charge >= 0.3 is 12.1 Å². The van der Waals surface area contributed by atoms with Gasteiger partial charge in [0.25, 0.3) is 35.4 Å². The van der Waals surface area contributed by atoms with Crippen molar-refractivity contribution in [1.82, 2.24) is 40.9 Å². The Balaban J connectivity index is 0.876. The smallest absolute Gasteiger partial charge is 0.410 e. The molecule has 13 amide bonds. The molecule has 0 saturated carbocycles. The molecule has 25 nitrogen and oxygen atoms in total. The molecule has 3 aliphatic rings. The van der Waals surface area contributed by atoms with Crippen LogP contribution in [-0.2, 0) is 40.1 Å². The van der Waals surface area contributed by atoms with E-state index in [0.717, 1.165) is 14.7 Å². The highest BCUT2D eigenvalue weighted by Crippen LogP contribution is 2.35. The normalized spacial score (nSPS) is 14.2. The van der Waals surface area contributed by atoms with Crippen LogP contribution >= 0.6 is 0 Å². The van der Waals surface area contributed by atoms with Crippen LogP contribution in [0, 0.1) is 5.92 Å². The molecule has 0 spiro atoms. The molecule has 85 heavy (non-hydrogen) atoms. The van der Waals surface area contributed by atoms with Gasteiger partial charge in [0.05, 0.1) is 0 Å². The molecule has 444 valence electrons. The van der Waals surface area contributed by atoms with Crippen molar-refractivity contribution in [3.63, 3.8) is 0 Å². The number of ether oxygens (including phenoxy) is 1. The Morgan fingerprint density at radius 1 is 0.576 bits per heavy atom. The molecule has 0 radical (unpaired) electrons. The Morgan fingerprint density at radius 3 is 1.74 bits per heavy atom. The van der Waals surface area contributed by atoms with Crippen LogP contribution in [0.15, 0.2) is 97.1 Å². The monoisotopic (exact) mass is 1160 g/mol. The Kier molecular flexibility index (Phi) is 19.5. The van der Waals surface area contributed by atoms with Gasteiger partial charge in [0.15, 0.2) is 0 Å². The summed E-state index contributed by atoms with van der Waals surface area (Å²) in [5, 5.41) is 15.3. The highest BCUT2D eigenvalue weighted by Gasteiger charge is 2.36. The number of carbonyl (C=O) groups excluding carboxylic acids is 12. The molecule has 0 fully saturated rings. The highest BCUT2D eigenvalue weighted by molar-refractivity contribution is 6.28. The van der Waals surface area contributed by atoms with Crippen LogP contribution in [0.2, 0.25) is 0 Å². The Bertz CT molecular complexity index is 3490. The second kappa shape index (κ2) is 27.3. The van der Waals surface area contributed by atoms with E-state index in [0.29, 0.717) is 74.6 Å². The number of rotatable bonds is 27. The standard InChI is InChI=1S/C60H66N12O13/c1-34(2)52(68-46(73)15-4-3-5-29-70-48(75)24-25-49(70)76)54(78)67-45(14-8-26-65-59(63)83)53(77)66-36-18-16-35(17-19-36)33-85-60(84)69(28-9-30-71-55(79)39-12-6-10-37-43(61)22-20-41(50(37)39)56(71)80)31-27-64-47(74)32-72-57(81)40-13-7-11-38-44(62)23-21-42(51(38)40)58(72)82/h6-7,10-13,16-25,34,45,52H,3-5,8-9,14-15,26-33,61-62H2,1-2H3,(H,64,74)(H,66,77)(H,67,78)(H,68,73)(H3,63,65,83)/t45-,52-/m0/s1. The summed E-state index contributed by atoms with van der Waals surface area (Å²) in [6, 6.07) is 19.4. The van der Waals surface area contributed by atoms with E-state index in [-0.39, 0.29) is 100 Å². The van der Waals surface area contributed by atoms with E-state index in [1.807, 2.05) is 0 Å². The van der Waals surface area contributed by atoms with Crippen LogP contribution < -0.4 is 43.8 Å². The number of benzene rings is 5. The number of carbonyl (C=O) groups is 12. The largest absolute Gasteiger partial charge is 0.445 e. The minimum atomic E-state index is -1.14. The number of unbranched alkanes of at least 4 members (excludes halogenated alkanes) is 2. The van der Waals surface area contributed by atoms with Gasteiger partial charge in [-0.25, -0.2) is 9.59 Å². The summed E-state index contributed by atoms with van der Waals surface area (Å²) in [6.07, 6.45) is 3.51. The molecule has 3 heterocycles. The second-order valence-corrected chi connectivity index (χ2v) is 21.0. The summed E-state index contributed by atoms with van der Waals surface area (Å²) in [5.74, 6) is -5.92. The van der Waals surface area contributed by atoms with E-state index in [1.54, 1.807) is 92.7 Å². The van der Waals surface area contributed by atoms with Crippen molar-refractivity contribution in [1.29, 1.82) is 0 Å². The molecule has 3 aliphatic heterocycles. The molecule has 2 atom stereocenters. The van der Waals surface area contributed by atoms with Crippen LogP contribution in [-0.4, -0.2) is 149 Å². The molecule has 0 aliphatic carbocycles. The maximum atomic E-state index is 13.9. The summed E-state index contributed by atoms with van der Waals surface area (Å²) in [4.78, 5) is 162. The van der Waals surface area contributed by atoms with Gasteiger partial charge in [0.2, 0.25) is 23.6 Å². The zero-order chi connectivity index (χ0) is 61.1. The highest BCUT2D eigenvalue weighted by atomic mass is 16.6. The zero-order valence-electron chi connectivity index (χ0n) is 46.9. The van der Waals surface area contributed by atoms with E-state index in [4.69, 9.17) is 21.9 Å². The van der Waals surface area contributed by atoms with Gasteiger partial charge in [-0.3, -0.25) is 62.6 Å². The van der Waals surface area contributed by atoms with Crippen molar-refractivity contribution in [2.75, 3.05) is 62.6 Å². The first-order chi connectivity index (χ1) is 40.7. The van der Waals surface area contributed by atoms with Crippen molar-refractivity contribution in [3.05, 3.63) is 125 Å². The van der Waals surface area contributed by atoms with Crippen LogP contribution in [0.5, 0.6) is 0 Å². The van der Waals surface area contributed by atoms with E-state index < -0.39 is 78.0 Å². The van der Waals surface area contributed by atoms with Crippen LogP contribution in [0.1, 0.15) is 106 Å². The summed E-state index contributed by atoms with van der Waals surface area (Å²) in [5.41, 5.74) is 20.1. The average Bonchev–Trinajstić information content (AvgIpc) is 1.43. The number of anilines is 3. The Morgan fingerprint density at radius 2 is 1.15 bits per heavy atom. The lowest BCUT2D eigenvalue weighted by Crippen LogP contribution is -2.54. The number of hydrogen-bond acceptors (Lipinski definition) is 15. The predicted octanol–water partition coefficient (Wildman–Crippen LogP) is 3.69. The number of nitrogens with two attached hydrogens (primary N) is 3. The molecule has 11 N–H and O–H groups in total. The molecular formula is C60H66N12O13. The lowest BCUT2D eigenvalue weighted by Gasteiger charge is -2.29. The Labute approximate surface area is 487 Å². The van der Waals surface area contributed by atoms with Crippen LogP contribution in [0.25, 0.3) is 21.5 Å². The topological polar surface area (TPSA) is 365 Å². The first kappa shape index (κ1) is 60.9. The van der Waals surface area contributed by atoms with Gasteiger partial charge in [-0.05, 0) is 92.1 Å². The number of urea groups is 1. The van der Waals surface area contributed by atoms with Crippen LogP contribution in [0.3, 0.4) is 0 Å². The van der Waals surface area contributed by atoms with Gasteiger partial charge in [-0.1, -0.05) is 56.7 Å². The number of nitrogen functional groups attached to an aromatic ring is 2. The van der Waals surface area contributed by atoms with E-state index >= 15 is 0 Å². The summed E-state index contributed by atoms with van der Waals surface area (Å²) >= 11 is 0. The van der Waals surface area contributed by atoms with Gasteiger partial charge in [0.1, 0.15) is 25.2 Å². The van der Waals surface area contributed by atoms with E-state index in [1.165, 1.54) is 23.1 Å². The minimum Gasteiger partial charge on any atom is -0.445 e. The number of imide groups is 3. The number of nitrogens with zero attached hydrogens (tertiary/aromatic N) is 4. The van der Waals surface area contributed by atoms with Crippen molar-refractivity contribution in [2.24, 2.45) is 11.7 Å². The molecule has 5 aromatic rings. The fourth-order valence-electron chi connectivity index (χ4n) is 10.3. The molecule has 5 aromatic carbocycles. The second-order valence-electron chi connectivity index (χ2n) is 21.0. The summed E-state index contributed by atoms with van der Waals surface area (Å²) < 4.78 is 5.73. The molecule has 0 unspecified atom stereocenters. The van der Waals surface area contributed by atoms with Crippen molar-refractivity contribution in [3.8, 4) is 0 Å². The number of nitrogens with one attached hydrogen (secondary N) is 5. The van der Waals surface area contributed by atoms with Crippen molar-refractivity contribution in [2.45, 2.75) is 77.5 Å². The van der Waals surface area contributed by atoms with Crippen molar-refractivity contribution >= 4 is 110 Å². The predicted molar refractivity (Wildman–Crippen MR) is 312 cm³/mol. The summed E-state index contributed by atoms with van der Waals surface area (Å²) in [7, 11) is 0. The van der Waals surface area contributed by atoms with E-state index in [2.05, 4.69) is 26.6 Å². The number of amides is 13. The molecular weight excluding hydrogens is 1100 g/mol. The first-order valence-corrected chi connectivity index (χ1v) is 27.8. The molecule has 25 heteroatoms. The third-order valence-corrected chi connectivity index (χ3v) is 14.8. The van der Waals surface area contributed by atoms with Crippen LogP contribution in [0.4, 0.5) is 26.7 Å². The maximum absolute atomic E-state index is 13.9. The number of primary amides is 1. The fourth-order valence-corrected chi connectivity index (χ4v) is 10.3. The third kappa shape index (κ3) is 14.4. The first-order valence-electron chi connectivity index (χ1n) is 27.8. The molecule has 0 saturated heterocycles. The lowest BCUT2D eigenvalue weighted by molar-refractivity contribution is -0.137.